The molecule has 2 heterocycles. The van der Waals surface area contributed by atoms with E-state index in [-0.39, 0.29) is 24.9 Å². The van der Waals surface area contributed by atoms with Gasteiger partial charge in [-0.05, 0) is 0 Å². The highest BCUT2D eigenvalue weighted by Gasteiger charge is 2.27. The van der Waals surface area contributed by atoms with Crippen LogP contribution < -0.4 is 9.33 Å². The van der Waals surface area contributed by atoms with Crippen molar-refractivity contribution in [1.82, 2.24) is 9.97 Å². The molecular weight excluding hydrogens is 440 g/mol. The Labute approximate surface area is 171 Å². The fourth-order valence-electron chi connectivity index (χ4n) is 2.80. The van der Waals surface area contributed by atoms with Gasteiger partial charge in [-0.1, -0.05) is 0 Å². The number of thiazole rings is 2. The van der Waals surface area contributed by atoms with Gasteiger partial charge in [0, 0.05) is 5.39 Å². The van der Waals surface area contributed by atoms with Gasteiger partial charge in [0.1, 0.15) is 14.8 Å². The third-order valence-electron chi connectivity index (χ3n) is 4.04. The molecule has 6 nitrogen and oxygen atoms in total. The lowest BCUT2D eigenvalue weighted by Gasteiger charge is -2.06. The predicted octanol–water partition coefficient (Wildman–Crippen LogP) is 3.72. The van der Waals surface area contributed by atoms with Crippen molar-refractivity contribution in [3.05, 3.63) is 55.4 Å². The molecule has 12 heteroatoms. The summed E-state index contributed by atoms with van der Waals surface area (Å²) in [5.74, 6) is -6.45. The summed E-state index contributed by atoms with van der Waals surface area (Å²) in [6.07, 6.45) is 0. The standard InChI is InChI=1S/C18F4N6S2/c1-25-5(3-23)17-27-13-8-7(10(20)12(22)16(13)30-17)9(19)11(21)14-15(8)29-18(28-14)6(4-24)26-2/b17-5+,18-6+. The Balaban J connectivity index is 2.43. The number of halogens is 4. The highest BCUT2D eigenvalue weighted by Crippen LogP contribution is 2.39. The fourth-order valence-corrected chi connectivity index (χ4v) is 4.79. The number of hydrogen-bond donors (Lipinski definition) is 0. The summed E-state index contributed by atoms with van der Waals surface area (Å²) in [6, 6.07) is 3.16. The molecule has 0 unspecified atom stereocenters. The molecular formula is C18F4N6S2. The molecule has 0 fully saturated rings. The van der Waals surface area contributed by atoms with Crippen LogP contribution in [-0.2, 0) is 0 Å². The Morgan fingerprint density at radius 1 is 0.733 bits per heavy atom. The summed E-state index contributed by atoms with van der Waals surface area (Å²) in [5, 5.41) is 16.7. The maximum absolute atomic E-state index is 14.7. The van der Waals surface area contributed by atoms with Crippen LogP contribution in [0, 0.1) is 59.1 Å². The maximum Gasteiger partial charge on any atom is 0.296 e. The van der Waals surface area contributed by atoms with Crippen molar-refractivity contribution in [1.29, 1.82) is 10.5 Å². The van der Waals surface area contributed by atoms with E-state index in [4.69, 9.17) is 23.7 Å². The molecule has 0 aliphatic rings. The molecule has 2 aromatic heterocycles. The summed E-state index contributed by atoms with van der Waals surface area (Å²) in [4.78, 5) is 13.7. The van der Waals surface area contributed by atoms with Gasteiger partial charge in [-0.15, -0.1) is 22.7 Å². The molecule has 0 atom stereocenters. The predicted molar refractivity (Wildman–Crippen MR) is 101 cm³/mol. The van der Waals surface area contributed by atoms with Gasteiger partial charge in [-0.2, -0.15) is 0 Å². The maximum atomic E-state index is 14.7. The number of fused-ring (bicyclic) bond motifs is 5. The normalized spacial score (nSPS) is 12.9. The molecule has 0 bridgehead atoms. The van der Waals surface area contributed by atoms with E-state index in [1.807, 2.05) is 0 Å². The van der Waals surface area contributed by atoms with Crippen LogP contribution in [0.3, 0.4) is 0 Å². The zero-order chi connectivity index (χ0) is 21.7. The first-order chi connectivity index (χ1) is 14.4. The molecule has 0 radical (unpaired) electrons. The molecule has 0 aliphatic heterocycles. The van der Waals surface area contributed by atoms with Gasteiger partial charge < -0.3 is 0 Å². The molecule has 0 amide bonds. The number of benzene rings is 2. The first kappa shape index (κ1) is 19.2. The van der Waals surface area contributed by atoms with E-state index in [1.165, 1.54) is 0 Å². The van der Waals surface area contributed by atoms with Crippen LogP contribution >= 0.6 is 22.7 Å². The van der Waals surface area contributed by atoms with Gasteiger partial charge in [0.25, 0.3) is 11.4 Å². The van der Waals surface area contributed by atoms with Crippen LogP contribution in [0.5, 0.6) is 0 Å². The summed E-state index contributed by atoms with van der Waals surface area (Å²) in [5.41, 5.74) is -1.84. The second-order valence-corrected chi connectivity index (χ2v) is 7.54. The van der Waals surface area contributed by atoms with Crippen LogP contribution in [0.15, 0.2) is 0 Å². The highest BCUT2D eigenvalue weighted by molar-refractivity contribution is 7.19. The first-order valence-electron chi connectivity index (χ1n) is 7.56. The van der Waals surface area contributed by atoms with E-state index in [0.717, 1.165) is 0 Å². The Morgan fingerprint density at radius 2 is 1.23 bits per heavy atom. The Kier molecular flexibility index (Phi) is 4.33. The smallest absolute Gasteiger partial charge is 0.247 e. The minimum atomic E-state index is -1.71. The second-order valence-electron chi connectivity index (χ2n) is 5.54. The quantitative estimate of drug-likeness (QED) is 0.308. The lowest BCUT2D eigenvalue weighted by atomic mass is 10.1. The van der Waals surface area contributed by atoms with Crippen LogP contribution in [0.25, 0.3) is 52.3 Å². The van der Waals surface area contributed by atoms with Gasteiger partial charge in [0.05, 0.1) is 45.6 Å². The largest absolute Gasteiger partial charge is 0.296 e. The lowest BCUT2D eigenvalue weighted by molar-refractivity contribution is 0.502. The van der Waals surface area contributed by atoms with E-state index in [1.54, 1.807) is 12.1 Å². The Morgan fingerprint density at radius 3 is 1.77 bits per heavy atom. The van der Waals surface area contributed by atoms with Crippen molar-refractivity contribution in [3.8, 4) is 12.1 Å². The van der Waals surface area contributed by atoms with Crippen molar-refractivity contribution >= 4 is 65.3 Å². The topological polar surface area (TPSA) is 82.1 Å². The van der Waals surface area contributed by atoms with Crippen molar-refractivity contribution in [2.45, 2.75) is 0 Å². The molecule has 30 heavy (non-hydrogen) atoms. The minimum Gasteiger partial charge on any atom is -0.247 e. The van der Waals surface area contributed by atoms with E-state index >= 15 is 0 Å². The van der Waals surface area contributed by atoms with Gasteiger partial charge in [0.2, 0.25) is 0 Å². The summed E-state index contributed by atoms with van der Waals surface area (Å²) < 4.78 is 57.6. The monoisotopic (exact) mass is 440 g/mol. The zero-order valence-electron chi connectivity index (χ0n) is 14.0. The third kappa shape index (κ3) is 2.42. The number of aromatic nitrogens is 2. The molecule has 0 spiro atoms. The SMILES string of the molecule is [C-]#[N+]/C(C#N)=c1\nc2c(s1)c(F)c(F)c1c(F)c(F)c3n/c(=C(/C#N)[N+]#[C-])sc3c12. The number of nitriles is 2. The van der Waals surface area contributed by atoms with Crippen LogP contribution in [0.1, 0.15) is 0 Å². The van der Waals surface area contributed by atoms with Crippen LogP contribution in [0.4, 0.5) is 17.6 Å². The molecule has 0 N–H and O–H groups in total. The number of nitrogens with zero attached hydrogens (tertiary/aromatic N) is 6. The van der Waals surface area contributed by atoms with E-state index < -0.39 is 50.3 Å². The summed E-state index contributed by atoms with van der Waals surface area (Å²) in [6.45, 7) is 14.0. The van der Waals surface area contributed by atoms with Crippen LogP contribution in [-0.4, -0.2) is 9.97 Å². The Hall–Kier alpha value is -4.10. The molecule has 4 aromatic rings. The van der Waals surface area contributed by atoms with E-state index in [9.17, 15) is 17.6 Å². The van der Waals surface area contributed by atoms with Crippen LogP contribution in [0.2, 0.25) is 0 Å². The average Bonchev–Trinajstić information content (AvgIpc) is 3.36. The van der Waals surface area contributed by atoms with Crippen molar-refractivity contribution in [3.63, 3.8) is 0 Å². The van der Waals surface area contributed by atoms with Gasteiger partial charge in [-0.25, -0.2) is 47.7 Å². The summed E-state index contributed by atoms with van der Waals surface area (Å²) >= 11 is 1.13. The fraction of sp³-hybridized carbons (Fsp3) is 0. The Bertz CT molecular complexity index is 1580. The average molecular weight is 440 g/mol. The minimum absolute atomic E-state index is 0.155. The first-order valence-corrected chi connectivity index (χ1v) is 9.19. The molecule has 4 rings (SSSR count). The lowest BCUT2D eigenvalue weighted by Crippen LogP contribution is -2.01. The molecule has 0 saturated carbocycles. The molecule has 142 valence electrons. The van der Waals surface area contributed by atoms with Crippen molar-refractivity contribution in [2.24, 2.45) is 0 Å². The van der Waals surface area contributed by atoms with E-state index in [2.05, 4.69) is 19.7 Å². The number of rotatable bonds is 0. The zero-order valence-corrected chi connectivity index (χ0v) is 15.6. The molecule has 0 saturated heterocycles. The molecule has 0 aliphatic carbocycles. The van der Waals surface area contributed by atoms with Gasteiger partial charge in [0.15, 0.2) is 23.3 Å². The van der Waals surface area contributed by atoms with E-state index in [0.29, 0.717) is 22.7 Å². The van der Waals surface area contributed by atoms with Gasteiger partial charge in [-0.3, -0.25) is 0 Å². The van der Waals surface area contributed by atoms with Crippen molar-refractivity contribution < 1.29 is 17.6 Å². The number of hydrogen-bond acceptors (Lipinski definition) is 6. The third-order valence-corrected chi connectivity index (χ3v) is 6.17. The highest BCUT2D eigenvalue weighted by atomic mass is 32.1. The van der Waals surface area contributed by atoms with Crippen molar-refractivity contribution in [2.75, 3.05) is 0 Å². The van der Waals surface area contributed by atoms with Gasteiger partial charge >= 0.3 is 0 Å². The molecule has 2 aromatic carbocycles. The summed E-state index contributed by atoms with van der Waals surface area (Å²) in [7, 11) is 0. The second kappa shape index (κ2) is 6.75.